The predicted octanol–water partition coefficient (Wildman–Crippen LogP) is 4.53. The number of aryl methyl sites for hydroxylation is 2. The Balaban J connectivity index is 1.29. The number of imidazole rings is 1. The number of benzene rings is 1. The summed E-state index contributed by atoms with van der Waals surface area (Å²) in [6.45, 7) is 3.21. The maximum absolute atomic E-state index is 12.8. The molecule has 1 unspecified atom stereocenters. The van der Waals surface area contributed by atoms with Gasteiger partial charge >= 0.3 is 6.09 Å². The molecule has 194 valence electrons. The number of amides is 1. The first-order valence-electron chi connectivity index (χ1n) is 12.6. The second-order valence-electron chi connectivity index (χ2n) is 9.23. The minimum absolute atomic E-state index is 0.117. The summed E-state index contributed by atoms with van der Waals surface area (Å²) in [5, 5.41) is 12.6. The minimum atomic E-state index is -0.451. The van der Waals surface area contributed by atoms with Crippen molar-refractivity contribution in [3.05, 3.63) is 68.9 Å². The summed E-state index contributed by atoms with van der Waals surface area (Å²) in [5.74, 6) is 1.13. The van der Waals surface area contributed by atoms with Gasteiger partial charge in [0.25, 0.3) is 0 Å². The predicted molar refractivity (Wildman–Crippen MR) is 141 cm³/mol. The van der Waals surface area contributed by atoms with Gasteiger partial charge in [-0.05, 0) is 55.7 Å². The lowest BCUT2D eigenvalue weighted by molar-refractivity contribution is -0.118. The number of carbonyl (C=O) groups is 2. The molecule has 1 aromatic carbocycles. The molecular weight excluding hydrogens is 488 g/mol. The summed E-state index contributed by atoms with van der Waals surface area (Å²) in [6.07, 6.45) is 6.58. The maximum atomic E-state index is 12.8. The fourth-order valence-electron chi connectivity index (χ4n) is 4.62. The Morgan fingerprint density at radius 1 is 1.32 bits per heavy atom. The molecule has 9 heteroatoms. The SMILES string of the molecule is CCOc1ccccc1CCC(=O)Cc1sc2c(c1C#N)CCC(COC(=O)NCc1cncn1C)C2. The smallest absolute Gasteiger partial charge is 0.407 e. The Kier molecular flexibility index (Phi) is 8.96. The molecule has 0 aliphatic heterocycles. The van der Waals surface area contributed by atoms with Gasteiger partial charge in [-0.3, -0.25) is 4.79 Å². The van der Waals surface area contributed by atoms with Crippen LogP contribution in [0.3, 0.4) is 0 Å². The molecule has 2 aromatic heterocycles. The third-order valence-corrected chi connectivity index (χ3v) is 7.89. The van der Waals surface area contributed by atoms with Crippen LogP contribution in [-0.2, 0) is 48.8 Å². The molecule has 4 rings (SSSR count). The summed E-state index contributed by atoms with van der Waals surface area (Å²) in [4.78, 5) is 31.0. The molecule has 0 bridgehead atoms. The molecule has 0 saturated carbocycles. The third kappa shape index (κ3) is 6.77. The molecule has 1 aliphatic carbocycles. The van der Waals surface area contributed by atoms with Crippen LogP contribution in [0, 0.1) is 17.2 Å². The number of nitrogens with one attached hydrogen (secondary N) is 1. The molecule has 1 atom stereocenters. The summed E-state index contributed by atoms with van der Waals surface area (Å²) in [6, 6.07) is 10.1. The Hall–Kier alpha value is -3.64. The highest BCUT2D eigenvalue weighted by Crippen LogP contribution is 2.37. The highest BCUT2D eigenvalue weighted by Gasteiger charge is 2.27. The number of Topliss-reactive ketones (excluding diaryl/α,β-unsaturated/α-hetero) is 1. The van der Waals surface area contributed by atoms with E-state index in [2.05, 4.69) is 16.4 Å². The van der Waals surface area contributed by atoms with Gasteiger partial charge in [0, 0.05) is 35.8 Å². The third-order valence-electron chi connectivity index (χ3n) is 6.64. The number of ketones is 1. The van der Waals surface area contributed by atoms with Crippen molar-refractivity contribution in [2.45, 2.75) is 52.0 Å². The average molecular weight is 521 g/mol. The monoisotopic (exact) mass is 520 g/mol. The molecule has 1 aliphatic rings. The second-order valence-corrected chi connectivity index (χ2v) is 10.4. The molecule has 8 nitrogen and oxygen atoms in total. The number of thiophene rings is 1. The molecule has 37 heavy (non-hydrogen) atoms. The van der Waals surface area contributed by atoms with Gasteiger partial charge in [-0.25, -0.2) is 9.78 Å². The summed E-state index contributed by atoms with van der Waals surface area (Å²) >= 11 is 1.56. The quantitative estimate of drug-likeness (QED) is 0.398. The van der Waals surface area contributed by atoms with Crippen LogP contribution < -0.4 is 10.1 Å². The van der Waals surface area contributed by atoms with Crippen molar-refractivity contribution in [2.75, 3.05) is 13.2 Å². The number of ether oxygens (including phenoxy) is 2. The minimum Gasteiger partial charge on any atom is -0.494 e. The zero-order valence-corrected chi connectivity index (χ0v) is 22.1. The second kappa shape index (κ2) is 12.5. The van der Waals surface area contributed by atoms with Crippen LogP contribution in [0.15, 0.2) is 36.8 Å². The van der Waals surface area contributed by atoms with Gasteiger partial charge in [-0.1, -0.05) is 18.2 Å². The van der Waals surface area contributed by atoms with Crippen LogP contribution in [-0.4, -0.2) is 34.6 Å². The number of para-hydroxylation sites is 1. The first-order chi connectivity index (χ1) is 18.0. The number of carbonyl (C=O) groups excluding carboxylic acids is 2. The van der Waals surface area contributed by atoms with Gasteiger partial charge in [0.1, 0.15) is 17.6 Å². The van der Waals surface area contributed by atoms with E-state index < -0.39 is 6.09 Å². The zero-order valence-electron chi connectivity index (χ0n) is 21.3. The fourth-order valence-corrected chi connectivity index (χ4v) is 6.07. The van der Waals surface area contributed by atoms with Crippen molar-refractivity contribution in [3.8, 4) is 11.8 Å². The van der Waals surface area contributed by atoms with Crippen molar-refractivity contribution < 1.29 is 19.1 Å². The summed E-state index contributed by atoms with van der Waals surface area (Å²) in [5.41, 5.74) is 3.64. The van der Waals surface area contributed by atoms with E-state index >= 15 is 0 Å². The number of nitrogens with zero attached hydrogens (tertiary/aromatic N) is 3. The Labute approximate surface area is 221 Å². The lowest BCUT2D eigenvalue weighted by atomic mass is 9.87. The molecule has 0 fully saturated rings. The molecule has 0 radical (unpaired) electrons. The number of fused-ring (bicyclic) bond motifs is 1. The Bertz CT molecular complexity index is 1290. The van der Waals surface area contributed by atoms with Crippen molar-refractivity contribution in [3.63, 3.8) is 0 Å². The van der Waals surface area contributed by atoms with Gasteiger partial charge in [0.05, 0.1) is 37.3 Å². The number of alkyl carbamates (subject to hydrolysis) is 1. The van der Waals surface area contributed by atoms with E-state index in [4.69, 9.17) is 9.47 Å². The van der Waals surface area contributed by atoms with Crippen LogP contribution in [0.4, 0.5) is 4.79 Å². The van der Waals surface area contributed by atoms with Gasteiger partial charge in [0.15, 0.2) is 0 Å². The van der Waals surface area contributed by atoms with Crippen molar-refractivity contribution >= 4 is 23.2 Å². The Morgan fingerprint density at radius 2 is 2.16 bits per heavy atom. The topological polar surface area (TPSA) is 106 Å². The molecule has 1 amide bonds. The van der Waals surface area contributed by atoms with Crippen LogP contribution in [0.5, 0.6) is 5.75 Å². The zero-order chi connectivity index (χ0) is 26.2. The summed E-state index contributed by atoms with van der Waals surface area (Å²) < 4.78 is 13.0. The molecule has 3 aromatic rings. The first-order valence-corrected chi connectivity index (χ1v) is 13.4. The van der Waals surface area contributed by atoms with E-state index in [-0.39, 0.29) is 18.1 Å². The molecule has 0 saturated heterocycles. The molecular formula is C28H32N4O4S. The van der Waals surface area contributed by atoms with Crippen LogP contribution in [0.1, 0.15) is 51.9 Å². The van der Waals surface area contributed by atoms with Crippen molar-refractivity contribution in [1.29, 1.82) is 5.26 Å². The van der Waals surface area contributed by atoms with Crippen LogP contribution in [0.2, 0.25) is 0 Å². The Morgan fingerprint density at radius 3 is 2.92 bits per heavy atom. The largest absolute Gasteiger partial charge is 0.494 e. The number of aromatic nitrogens is 2. The standard InChI is InChI=1S/C28H32N4O4S/c1-3-35-25-7-5-4-6-20(25)9-10-22(33)13-27-24(14-29)23-11-8-19(12-26(23)37-27)17-36-28(34)31-16-21-15-30-18-32(21)2/h4-7,15,18-19H,3,8-13,16-17H2,1-2H3,(H,31,34). The number of nitriles is 1. The fraction of sp³-hybridized carbons (Fsp3) is 0.429. The van der Waals surface area contributed by atoms with E-state index in [1.54, 1.807) is 23.9 Å². The van der Waals surface area contributed by atoms with Gasteiger partial charge < -0.3 is 19.4 Å². The van der Waals surface area contributed by atoms with E-state index in [0.717, 1.165) is 51.6 Å². The number of rotatable bonds is 11. The van der Waals surface area contributed by atoms with Gasteiger partial charge in [-0.2, -0.15) is 5.26 Å². The summed E-state index contributed by atoms with van der Waals surface area (Å²) in [7, 11) is 1.87. The maximum Gasteiger partial charge on any atom is 0.407 e. The van der Waals surface area contributed by atoms with Gasteiger partial charge in [0.2, 0.25) is 0 Å². The number of hydrogen-bond donors (Lipinski definition) is 1. The number of hydrogen-bond acceptors (Lipinski definition) is 7. The first kappa shape index (κ1) is 26.4. The van der Waals surface area contributed by atoms with E-state index in [0.29, 0.717) is 38.2 Å². The van der Waals surface area contributed by atoms with Gasteiger partial charge in [-0.15, -0.1) is 11.3 Å². The van der Waals surface area contributed by atoms with Crippen LogP contribution >= 0.6 is 11.3 Å². The normalized spacial score (nSPS) is 14.5. The molecule has 1 N–H and O–H groups in total. The molecule has 0 spiro atoms. The van der Waals surface area contributed by atoms with Crippen LogP contribution in [0.25, 0.3) is 0 Å². The average Bonchev–Trinajstić information content (AvgIpc) is 3.47. The lowest BCUT2D eigenvalue weighted by Gasteiger charge is -2.22. The van der Waals surface area contributed by atoms with E-state index in [9.17, 15) is 14.9 Å². The highest BCUT2D eigenvalue weighted by molar-refractivity contribution is 7.12. The van der Waals surface area contributed by atoms with E-state index in [1.165, 1.54) is 0 Å². The van der Waals surface area contributed by atoms with Crippen molar-refractivity contribution in [1.82, 2.24) is 14.9 Å². The molecule has 2 heterocycles. The highest BCUT2D eigenvalue weighted by atomic mass is 32.1. The van der Waals surface area contributed by atoms with E-state index in [1.807, 2.05) is 42.8 Å². The van der Waals surface area contributed by atoms with Crippen molar-refractivity contribution in [2.24, 2.45) is 13.0 Å². The lowest BCUT2D eigenvalue weighted by Crippen LogP contribution is -2.28.